The lowest BCUT2D eigenvalue weighted by atomic mass is 10.1. The summed E-state index contributed by atoms with van der Waals surface area (Å²) in [7, 11) is 3.40. The molecule has 0 aliphatic rings. The standard InChI is InChI=1S/C14H15NO2S/c1-15-13(8-5-11(9-18)14(15)16)10-3-6-12(17-2)7-4-10/h3-8,18H,9H2,1-2H3. The van der Waals surface area contributed by atoms with E-state index in [0.29, 0.717) is 11.3 Å². The number of hydrogen-bond donors (Lipinski definition) is 1. The molecule has 0 N–H and O–H groups in total. The minimum atomic E-state index is -0.00156. The summed E-state index contributed by atoms with van der Waals surface area (Å²) in [4.78, 5) is 12.0. The van der Waals surface area contributed by atoms with Gasteiger partial charge in [0, 0.05) is 18.4 Å². The van der Waals surface area contributed by atoms with Gasteiger partial charge in [-0.05, 0) is 35.9 Å². The summed E-state index contributed by atoms with van der Waals surface area (Å²) >= 11 is 4.14. The Balaban J connectivity index is 2.50. The van der Waals surface area contributed by atoms with Crippen molar-refractivity contribution in [2.24, 2.45) is 7.05 Å². The van der Waals surface area contributed by atoms with E-state index in [9.17, 15) is 4.79 Å². The molecule has 0 saturated heterocycles. The average Bonchev–Trinajstić information content (AvgIpc) is 2.42. The highest BCUT2D eigenvalue weighted by Crippen LogP contribution is 2.21. The fraction of sp³-hybridized carbons (Fsp3) is 0.214. The van der Waals surface area contributed by atoms with Crippen LogP contribution in [0.1, 0.15) is 5.56 Å². The van der Waals surface area contributed by atoms with E-state index in [1.54, 1.807) is 18.7 Å². The molecule has 0 spiro atoms. The molecule has 1 heterocycles. The third-order valence-electron chi connectivity index (χ3n) is 2.94. The Hall–Kier alpha value is -1.68. The maximum atomic E-state index is 12.0. The largest absolute Gasteiger partial charge is 0.497 e. The molecule has 2 rings (SSSR count). The molecule has 0 radical (unpaired) electrons. The third kappa shape index (κ3) is 2.29. The molecule has 0 unspecified atom stereocenters. The van der Waals surface area contributed by atoms with E-state index in [4.69, 9.17) is 4.74 Å². The lowest BCUT2D eigenvalue weighted by molar-refractivity contribution is 0.415. The number of thiol groups is 1. The van der Waals surface area contributed by atoms with E-state index < -0.39 is 0 Å². The zero-order chi connectivity index (χ0) is 13.1. The molecule has 0 aliphatic heterocycles. The van der Waals surface area contributed by atoms with Crippen LogP contribution in [0.25, 0.3) is 11.3 Å². The molecule has 0 amide bonds. The van der Waals surface area contributed by atoms with Crippen molar-refractivity contribution in [3.8, 4) is 17.0 Å². The van der Waals surface area contributed by atoms with Crippen LogP contribution in [0.3, 0.4) is 0 Å². The lowest BCUT2D eigenvalue weighted by Gasteiger charge is -2.10. The van der Waals surface area contributed by atoms with E-state index in [1.807, 2.05) is 36.4 Å². The monoisotopic (exact) mass is 261 g/mol. The van der Waals surface area contributed by atoms with Gasteiger partial charge in [0.05, 0.1) is 12.8 Å². The number of methoxy groups -OCH3 is 1. The minimum absolute atomic E-state index is 0.00156. The Kier molecular flexibility index (Phi) is 3.77. The minimum Gasteiger partial charge on any atom is -0.497 e. The molecule has 2 aromatic rings. The molecule has 3 nitrogen and oxygen atoms in total. The van der Waals surface area contributed by atoms with Gasteiger partial charge in [-0.25, -0.2) is 0 Å². The van der Waals surface area contributed by atoms with Crippen LogP contribution in [0.4, 0.5) is 0 Å². The Morgan fingerprint density at radius 1 is 1.17 bits per heavy atom. The number of pyridine rings is 1. The SMILES string of the molecule is COc1ccc(-c2ccc(CS)c(=O)n2C)cc1. The predicted octanol–water partition coefficient (Wildman–Crippen LogP) is 2.49. The molecule has 0 fully saturated rings. The Morgan fingerprint density at radius 2 is 1.83 bits per heavy atom. The van der Waals surface area contributed by atoms with Crippen LogP contribution in [-0.2, 0) is 12.8 Å². The van der Waals surface area contributed by atoms with Gasteiger partial charge in [-0.1, -0.05) is 6.07 Å². The second kappa shape index (κ2) is 5.31. The average molecular weight is 261 g/mol. The van der Waals surface area contributed by atoms with Crippen LogP contribution in [0.15, 0.2) is 41.2 Å². The lowest BCUT2D eigenvalue weighted by Crippen LogP contribution is -2.21. The first-order valence-electron chi connectivity index (χ1n) is 5.61. The Labute approximate surface area is 111 Å². The van der Waals surface area contributed by atoms with Crippen molar-refractivity contribution in [1.82, 2.24) is 4.57 Å². The molecule has 4 heteroatoms. The molecular weight excluding hydrogens is 246 g/mol. The highest BCUT2D eigenvalue weighted by molar-refractivity contribution is 7.79. The number of benzene rings is 1. The zero-order valence-corrected chi connectivity index (χ0v) is 11.3. The summed E-state index contributed by atoms with van der Waals surface area (Å²) in [6.07, 6.45) is 0. The summed E-state index contributed by atoms with van der Waals surface area (Å²) in [5.41, 5.74) is 2.57. The highest BCUT2D eigenvalue weighted by Gasteiger charge is 2.06. The summed E-state index contributed by atoms with van der Waals surface area (Å²) in [6.45, 7) is 0. The second-order valence-corrected chi connectivity index (χ2v) is 4.31. The zero-order valence-electron chi connectivity index (χ0n) is 10.4. The first kappa shape index (κ1) is 12.8. The van der Waals surface area contributed by atoms with Gasteiger partial charge >= 0.3 is 0 Å². The molecule has 1 aromatic carbocycles. The van der Waals surface area contributed by atoms with E-state index in [1.165, 1.54) is 0 Å². The summed E-state index contributed by atoms with van der Waals surface area (Å²) < 4.78 is 6.76. The maximum Gasteiger partial charge on any atom is 0.254 e. The molecular formula is C14H15NO2S. The van der Waals surface area contributed by atoms with Gasteiger partial charge < -0.3 is 9.30 Å². The molecule has 18 heavy (non-hydrogen) atoms. The van der Waals surface area contributed by atoms with Crippen molar-refractivity contribution in [3.63, 3.8) is 0 Å². The van der Waals surface area contributed by atoms with Crippen LogP contribution >= 0.6 is 12.6 Å². The molecule has 0 saturated carbocycles. The fourth-order valence-corrected chi connectivity index (χ4v) is 2.10. The van der Waals surface area contributed by atoms with Crippen molar-refractivity contribution < 1.29 is 4.74 Å². The third-order valence-corrected chi connectivity index (χ3v) is 3.28. The Morgan fingerprint density at radius 3 is 2.39 bits per heavy atom. The van der Waals surface area contributed by atoms with E-state index in [0.717, 1.165) is 17.0 Å². The summed E-state index contributed by atoms with van der Waals surface area (Å²) in [5, 5.41) is 0. The highest BCUT2D eigenvalue weighted by atomic mass is 32.1. The van der Waals surface area contributed by atoms with Crippen molar-refractivity contribution in [2.45, 2.75) is 5.75 Å². The van der Waals surface area contributed by atoms with Gasteiger partial charge in [0.1, 0.15) is 5.75 Å². The van der Waals surface area contributed by atoms with Crippen molar-refractivity contribution in [1.29, 1.82) is 0 Å². The first-order chi connectivity index (χ1) is 8.67. The molecule has 1 aromatic heterocycles. The van der Waals surface area contributed by atoms with Crippen molar-refractivity contribution in [3.05, 3.63) is 52.3 Å². The number of rotatable bonds is 3. The van der Waals surface area contributed by atoms with E-state index in [2.05, 4.69) is 12.6 Å². The van der Waals surface area contributed by atoms with Crippen LogP contribution in [0.2, 0.25) is 0 Å². The van der Waals surface area contributed by atoms with Gasteiger partial charge in [-0.3, -0.25) is 4.79 Å². The van der Waals surface area contributed by atoms with Gasteiger partial charge in [0.25, 0.3) is 5.56 Å². The van der Waals surface area contributed by atoms with E-state index >= 15 is 0 Å². The topological polar surface area (TPSA) is 31.2 Å². The van der Waals surface area contributed by atoms with Gasteiger partial charge in [-0.2, -0.15) is 12.6 Å². The quantitative estimate of drug-likeness (QED) is 0.861. The Bertz CT molecular complexity index is 602. The molecule has 0 atom stereocenters. The molecule has 0 bridgehead atoms. The van der Waals surface area contributed by atoms with Crippen LogP contribution in [-0.4, -0.2) is 11.7 Å². The number of ether oxygens (including phenoxy) is 1. The van der Waals surface area contributed by atoms with Gasteiger partial charge in [-0.15, -0.1) is 0 Å². The molecule has 0 aliphatic carbocycles. The van der Waals surface area contributed by atoms with Gasteiger partial charge in [0.15, 0.2) is 0 Å². The van der Waals surface area contributed by atoms with Crippen LogP contribution in [0, 0.1) is 0 Å². The smallest absolute Gasteiger partial charge is 0.254 e. The normalized spacial score (nSPS) is 10.4. The summed E-state index contributed by atoms with van der Waals surface area (Å²) in [5.74, 6) is 1.26. The van der Waals surface area contributed by atoms with E-state index in [-0.39, 0.29) is 5.56 Å². The summed E-state index contributed by atoms with van der Waals surface area (Å²) in [6, 6.07) is 11.4. The van der Waals surface area contributed by atoms with Crippen molar-refractivity contribution in [2.75, 3.05) is 7.11 Å². The van der Waals surface area contributed by atoms with Crippen LogP contribution in [0.5, 0.6) is 5.75 Å². The number of aromatic nitrogens is 1. The number of nitrogens with zero attached hydrogens (tertiary/aromatic N) is 1. The molecule has 94 valence electrons. The number of hydrogen-bond acceptors (Lipinski definition) is 3. The maximum absolute atomic E-state index is 12.0. The second-order valence-electron chi connectivity index (χ2n) is 3.99. The first-order valence-corrected chi connectivity index (χ1v) is 6.25. The predicted molar refractivity (Wildman–Crippen MR) is 76.4 cm³/mol. The van der Waals surface area contributed by atoms with Gasteiger partial charge in [0.2, 0.25) is 0 Å². The fourth-order valence-electron chi connectivity index (χ4n) is 1.86. The van der Waals surface area contributed by atoms with Crippen LogP contribution < -0.4 is 10.3 Å². The van der Waals surface area contributed by atoms with Crippen molar-refractivity contribution >= 4 is 12.6 Å².